The molecule has 2 aromatic rings. The molecule has 5 heteroatoms. The molecular formula is C27H37NO3Si. The number of Topliss-reactive ketones (excluding diaryl/α,β-unsaturated/α-hetero) is 1. The maximum absolute atomic E-state index is 12.4. The Hall–Kier alpha value is -2.58. The number of rotatable bonds is 9. The summed E-state index contributed by atoms with van der Waals surface area (Å²) in [6, 6.07) is 10.4. The van der Waals surface area contributed by atoms with E-state index in [1.54, 1.807) is 6.07 Å². The predicted octanol–water partition coefficient (Wildman–Crippen LogP) is 7.62. The summed E-state index contributed by atoms with van der Waals surface area (Å²) in [5, 5.41) is 10.0. The number of fused-ring (bicyclic) bond motifs is 1. The molecule has 0 radical (unpaired) electrons. The van der Waals surface area contributed by atoms with Gasteiger partial charge < -0.3 is 8.84 Å². The van der Waals surface area contributed by atoms with Gasteiger partial charge in [-0.3, -0.25) is 4.79 Å². The van der Waals surface area contributed by atoms with Gasteiger partial charge in [0.1, 0.15) is 12.0 Å². The molecular weight excluding hydrogens is 414 g/mol. The van der Waals surface area contributed by atoms with Gasteiger partial charge in [0.05, 0.1) is 23.3 Å². The highest BCUT2D eigenvalue weighted by Gasteiger charge is 2.48. The molecule has 3 rings (SSSR count). The second kappa shape index (κ2) is 10.4. The maximum Gasteiger partial charge on any atom is 0.258 e. The number of nitriles is 1. The maximum atomic E-state index is 12.4. The van der Waals surface area contributed by atoms with Crippen molar-refractivity contribution in [2.45, 2.75) is 82.8 Å². The lowest BCUT2D eigenvalue weighted by molar-refractivity contribution is 0.0971. The van der Waals surface area contributed by atoms with E-state index in [2.05, 4.69) is 79.0 Å². The standard InChI is InChI=1S/C25H33NO3Si.C2H4/c1-17(2)30(18(3)4,19(5)6)29-22-8-7-20-14-25(16-26,23(20)13-22)11-9-24(27)21-10-12-28-15-21;1-2/h7-8,10,12-13,15,17-19H,9,11,14H2,1-6H3;1-2H2. The fourth-order valence-electron chi connectivity index (χ4n) is 5.36. The summed E-state index contributed by atoms with van der Waals surface area (Å²) in [4.78, 5) is 12.4. The number of nitrogens with zero attached hydrogens (tertiary/aromatic N) is 1. The molecule has 0 bridgehead atoms. The van der Waals surface area contributed by atoms with Gasteiger partial charge >= 0.3 is 0 Å². The van der Waals surface area contributed by atoms with Gasteiger partial charge in [0.25, 0.3) is 8.32 Å². The van der Waals surface area contributed by atoms with Crippen molar-refractivity contribution < 1.29 is 13.6 Å². The van der Waals surface area contributed by atoms with Gasteiger partial charge in [-0.25, -0.2) is 0 Å². The van der Waals surface area contributed by atoms with Crippen LogP contribution in [0.15, 0.2) is 54.4 Å². The lowest BCUT2D eigenvalue weighted by Crippen LogP contribution is -2.50. The average Bonchev–Trinajstić information content (AvgIpc) is 3.29. The predicted molar refractivity (Wildman–Crippen MR) is 133 cm³/mol. The molecule has 1 heterocycles. The number of ketones is 1. The van der Waals surface area contributed by atoms with Crippen LogP contribution in [0.25, 0.3) is 0 Å². The third-order valence-corrected chi connectivity index (χ3v) is 12.9. The van der Waals surface area contributed by atoms with E-state index in [0.29, 0.717) is 41.4 Å². The Kier molecular flexibility index (Phi) is 8.31. The molecule has 172 valence electrons. The van der Waals surface area contributed by atoms with Crippen LogP contribution in [0, 0.1) is 11.3 Å². The van der Waals surface area contributed by atoms with Gasteiger partial charge in [-0.2, -0.15) is 5.26 Å². The molecule has 1 aliphatic carbocycles. The van der Waals surface area contributed by atoms with Crippen molar-refractivity contribution in [2.75, 3.05) is 0 Å². The second-order valence-corrected chi connectivity index (χ2v) is 14.9. The molecule has 1 unspecified atom stereocenters. The first-order valence-corrected chi connectivity index (χ1v) is 13.6. The van der Waals surface area contributed by atoms with Gasteiger partial charge in [-0.15, -0.1) is 13.2 Å². The fourth-order valence-corrected chi connectivity index (χ4v) is 10.6. The van der Waals surface area contributed by atoms with Gasteiger partial charge in [0.15, 0.2) is 5.78 Å². The molecule has 0 fully saturated rings. The molecule has 0 spiro atoms. The number of carbonyl (C=O) groups excluding carboxylic acids is 1. The zero-order valence-corrected chi connectivity index (χ0v) is 21.4. The Labute approximate surface area is 194 Å². The minimum Gasteiger partial charge on any atom is -0.543 e. The smallest absolute Gasteiger partial charge is 0.258 e. The molecule has 0 amide bonds. The molecule has 0 N–H and O–H groups in total. The summed E-state index contributed by atoms with van der Waals surface area (Å²) in [6.45, 7) is 19.6. The van der Waals surface area contributed by atoms with E-state index in [9.17, 15) is 10.1 Å². The molecule has 0 saturated heterocycles. The number of hydrogen-bond acceptors (Lipinski definition) is 4. The molecule has 4 nitrogen and oxygen atoms in total. The molecule has 0 aliphatic heterocycles. The summed E-state index contributed by atoms with van der Waals surface area (Å²) in [6.07, 6.45) is 4.52. The second-order valence-electron chi connectivity index (χ2n) is 9.54. The fraction of sp³-hybridized carbons (Fsp3) is 0.481. The molecule has 1 aliphatic rings. The number of furan rings is 1. The van der Waals surface area contributed by atoms with Crippen LogP contribution in [0.5, 0.6) is 5.75 Å². The lowest BCUT2D eigenvalue weighted by Gasteiger charge is -2.43. The zero-order chi connectivity index (χ0) is 24.1. The number of benzene rings is 1. The van der Waals surface area contributed by atoms with Crippen LogP contribution in [-0.2, 0) is 11.8 Å². The van der Waals surface area contributed by atoms with Crippen LogP contribution in [-0.4, -0.2) is 14.1 Å². The third kappa shape index (κ3) is 4.61. The topological polar surface area (TPSA) is 63.2 Å². The van der Waals surface area contributed by atoms with Crippen molar-refractivity contribution in [1.82, 2.24) is 0 Å². The van der Waals surface area contributed by atoms with Crippen LogP contribution in [0.2, 0.25) is 16.6 Å². The number of carbonyl (C=O) groups is 1. The minimum absolute atomic E-state index is 0.0186. The third-order valence-electron chi connectivity index (χ3n) is 6.93. The Morgan fingerprint density at radius 1 is 1.16 bits per heavy atom. The highest BCUT2D eigenvalue weighted by molar-refractivity contribution is 6.78. The van der Waals surface area contributed by atoms with Crippen molar-refractivity contribution in [1.29, 1.82) is 5.26 Å². The first kappa shape index (κ1) is 25.7. The van der Waals surface area contributed by atoms with Gasteiger partial charge in [0, 0.05) is 6.42 Å². The summed E-state index contributed by atoms with van der Waals surface area (Å²) >= 11 is 0. The van der Waals surface area contributed by atoms with E-state index in [-0.39, 0.29) is 5.78 Å². The van der Waals surface area contributed by atoms with Crippen molar-refractivity contribution in [2.24, 2.45) is 0 Å². The average molecular weight is 452 g/mol. The van der Waals surface area contributed by atoms with Gasteiger partial charge in [-0.1, -0.05) is 47.6 Å². The van der Waals surface area contributed by atoms with E-state index in [1.807, 2.05) is 0 Å². The summed E-state index contributed by atoms with van der Waals surface area (Å²) < 4.78 is 11.8. The molecule has 0 saturated carbocycles. The first-order valence-electron chi connectivity index (χ1n) is 11.5. The Morgan fingerprint density at radius 3 is 2.28 bits per heavy atom. The van der Waals surface area contributed by atoms with Crippen LogP contribution in [0.3, 0.4) is 0 Å². The van der Waals surface area contributed by atoms with E-state index in [4.69, 9.17) is 8.84 Å². The first-order chi connectivity index (χ1) is 15.2. The molecule has 1 atom stereocenters. The van der Waals surface area contributed by atoms with Crippen LogP contribution >= 0.6 is 0 Å². The summed E-state index contributed by atoms with van der Waals surface area (Å²) in [7, 11) is -2.06. The Balaban J connectivity index is 0.00000176. The van der Waals surface area contributed by atoms with E-state index < -0.39 is 13.7 Å². The molecule has 1 aromatic heterocycles. The molecule has 1 aromatic carbocycles. The van der Waals surface area contributed by atoms with Crippen molar-refractivity contribution in [3.05, 3.63) is 66.6 Å². The zero-order valence-electron chi connectivity index (χ0n) is 20.4. The highest BCUT2D eigenvalue weighted by atomic mass is 28.4. The number of hydrogen-bond donors (Lipinski definition) is 0. The van der Waals surface area contributed by atoms with E-state index in [0.717, 1.165) is 11.3 Å². The lowest BCUT2D eigenvalue weighted by atomic mass is 9.62. The normalized spacial score (nSPS) is 17.2. The van der Waals surface area contributed by atoms with Crippen molar-refractivity contribution in [3.8, 4) is 11.8 Å². The minimum atomic E-state index is -2.06. The van der Waals surface area contributed by atoms with E-state index in [1.165, 1.54) is 18.1 Å². The monoisotopic (exact) mass is 451 g/mol. The summed E-state index contributed by atoms with van der Waals surface area (Å²) in [5.41, 5.74) is 3.63. The van der Waals surface area contributed by atoms with Gasteiger partial charge in [0.2, 0.25) is 0 Å². The SMILES string of the molecule is C=C.CC(C)[Si](Oc1ccc2c(c1)C(C#N)(CCC(=O)c1ccoc1)C2)(C(C)C)C(C)C. The van der Waals surface area contributed by atoms with Crippen LogP contribution in [0.1, 0.15) is 75.9 Å². The van der Waals surface area contributed by atoms with Crippen LogP contribution in [0.4, 0.5) is 0 Å². The Bertz CT molecular complexity index is 934. The quantitative estimate of drug-likeness (QED) is 0.223. The van der Waals surface area contributed by atoms with Crippen molar-refractivity contribution >= 4 is 14.1 Å². The van der Waals surface area contributed by atoms with Gasteiger partial charge in [-0.05, 0) is 58.8 Å². The van der Waals surface area contributed by atoms with Crippen LogP contribution < -0.4 is 4.43 Å². The van der Waals surface area contributed by atoms with Crippen molar-refractivity contribution in [3.63, 3.8) is 0 Å². The largest absolute Gasteiger partial charge is 0.543 e. The summed E-state index contributed by atoms with van der Waals surface area (Å²) in [5.74, 6) is 0.891. The van der Waals surface area contributed by atoms with E-state index >= 15 is 0 Å². The Morgan fingerprint density at radius 2 is 1.78 bits per heavy atom. The highest BCUT2D eigenvalue weighted by Crippen LogP contribution is 2.48. The molecule has 32 heavy (non-hydrogen) atoms.